The number of hydrogen-bond acceptors (Lipinski definition) is 5. The topological polar surface area (TPSA) is 84.9 Å². The van der Waals surface area contributed by atoms with Gasteiger partial charge in [-0.2, -0.15) is 0 Å². The molecule has 0 radical (unpaired) electrons. The van der Waals surface area contributed by atoms with Crippen LogP contribution in [0.4, 0.5) is 4.79 Å². The number of likely N-dealkylation sites (tertiary alicyclic amines) is 1. The highest BCUT2D eigenvalue weighted by atomic mass is 16.5. The number of benzene rings is 1. The lowest BCUT2D eigenvalue weighted by Gasteiger charge is -2.35. The van der Waals surface area contributed by atoms with Gasteiger partial charge in [-0.05, 0) is 38.7 Å². The van der Waals surface area contributed by atoms with Crippen LogP contribution in [-0.4, -0.2) is 47.6 Å². The minimum absolute atomic E-state index is 0.146. The summed E-state index contributed by atoms with van der Waals surface area (Å²) in [5.74, 6) is -0.614. The molecule has 3 rings (SSSR count). The zero-order valence-corrected chi connectivity index (χ0v) is 18.1. The Morgan fingerprint density at radius 3 is 2.61 bits per heavy atom. The molecule has 2 aliphatic rings. The maximum absolute atomic E-state index is 12.9. The molecule has 2 unspecified atom stereocenters. The average Bonchev–Trinajstić information content (AvgIpc) is 3.11. The normalized spacial score (nSPS) is 21.5. The molecule has 7 nitrogen and oxygen atoms in total. The first-order valence-corrected chi connectivity index (χ1v) is 10.6. The molecule has 2 amide bonds. The van der Waals surface area contributed by atoms with Crippen LogP contribution in [0.3, 0.4) is 0 Å². The highest BCUT2D eigenvalue weighted by Gasteiger charge is 2.46. The van der Waals surface area contributed by atoms with Crippen molar-refractivity contribution in [1.82, 2.24) is 10.2 Å². The Kier molecular flexibility index (Phi) is 7.50. The van der Waals surface area contributed by atoms with Gasteiger partial charge in [0.25, 0.3) is 0 Å². The first-order valence-electron chi connectivity index (χ1n) is 10.6. The SMILES string of the molecule is CC1(C)CCC(C(=O)OCc2ccccc2)N1C(=O)CNC(=O)OCC1C=CC=CC1. The van der Waals surface area contributed by atoms with Crippen molar-refractivity contribution < 1.29 is 23.9 Å². The Balaban J connectivity index is 1.50. The van der Waals surface area contributed by atoms with Crippen LogP contribution in [-0.2, 0) is 25.7 Å². The van der Waals surface area contributed by atoms with Crippen LogP contribution >= 0.6 is 0 Å². The highest BCUT2D eigenvalue weighted by molar-refractivity contribution is 5.88. The van der Waals surface area contributed by atoms with Gasteiger partial charge in [0.05, 0.1) is 6.61 Å². The van der Waals surface area contributed by atoms with E-state index in [1.165, 1.54) is 4.90 Å². The number of alkyl carbamates (subject to hydrolysis) is 1. The van der Waals surface area contributed by atoms with Crippen LogP contribution < -0.4 is 5.32 Å². The molecule has 0 saturated carbocycles. The Hall–Kier alpha value is -3.09. The molecule has 2 atom stereocenters. The molecule has 1 aliphatic carbocycles. The minimum atomic E-state index is -0.664. The van der Waals surface area contributed by atoms with E-state index >= 15 is 0 Å². The van der Waals surface area contributed by atoms with E-state index < -0.39 is 23.6 Å². The van der Waals surface area contributed by atoms with Crippen molar-refractivity contribution in [3.8, 4) is 0 Å². The Morgan fingerprint density at radius 2 is 1.90 bits per heavy atom. The molecular weight excluding hydrogens is 396 g/mol. The fourth-order valence-electron chi connectivity index (χ4n) is 3.94. The molecule has 0 spiro atoms. The number of esters is 1. The van der Waals surface area contributed by atoms with Gasteiger partial charge in [0.15, 0.2) is 0 Å². The second-order valence-electron chi connectivity index (χ2n) is 8.48. The van der Waals surface area contributed by atoms with Crippen LogP contribution in [0, 0.1) is 5.92 Å². The smallest absolute Gasteiger partial charge is 0.407 e. The van der Waals surface area contributed by atoms with Gasteiger partial charge in [-0.3, -0.25) is 4.79 Å². The molecule has 7 heteroatoms. The fourth-order valence-corrected chi connectivity index (χ4v) is 3.94. The zero-order valence-electron chi connectivity index (χ0n) is 18.1. The number of hydrogen-bond donors (Lipinski definition) is 1. The molecule has 31 heavy (non-hydrogen) atoms. The van der Waals surface area contributed by atoms with Gasteiger partial charge in [0.2, 0.25) is 5.91 Å². The molecule has 1 aliphatic heterocycles. The summed E-state index contributed by atoms with van der Waals surface area (Å²) >= 11 is 0. The summed E-state index contributed by atoms with van der Waals surface area (Å²) in [6, 6.07) is 8.75. The number of carbonyl (C=O) groups excluding carboxylic acids is 3. The third-order valence-corrected chi connectivity index (χ3v) is 5.64. The summed E-state index contributed by atoms with van der Waals surface area (Å²) in [7, 11) is 0. The lowest BCUT2D eigenvalue weighted by Crippen LogP contribution is -2.53. The second-order valence-corrected chi connectivity index (χ2v) is 8.48. The average molecular weight is 427 g/mol. The van der Waals surface area contributed by atoms with Crippen molar-refractivity contribution in [3.63, 3.8) is 0 Å². The monoisotopic (exact) mass is 426 g/mol. The van der Waals surface area contributed by atoms with Crippen LogP contribution in [0.1, 0.15) is 38.7 Å². The van der Waals surface area contributed by atoms with E-state index in [2.05, 4.69) is 5.32 Å². The fraction of sp³-hybridized carbons (Fsp3) is 0.458. The van der Waals surface area contributed by atoms with Crippen LogP contribution in [0.15, 0.2) is 54.6 Å². The lowest BCUT2D eigenvalue weighted by atomic mass is 10.0. The molecule has 1 aromatic carbocycles. The molecule has 1 aromatic rings. The summed E-state index contributed by atoms with van der Waals surface area (Å²) in [5.41, 5.74) is 0.386. The molecule has 1 saturated heterocycles. The van der Waals surface area contributed by atoms with Crippen LogP contribution in [0.5, 0.6) is 0 Å². The minimum Gasteiger partial charge on any atom is -0.459 e. The van der Waals surface area contributed by atoms with Gasteiger partial charge in [-0.1, -0.05) is 54.6 Å². The largest absolute Gasteiger partial charge is 0.459 e. The Bertz CT molecular complexity index is 847. The molecule has 1 N–H and O–H groups in total. The number of carbonyl (C=O) groups is 3. The van der Waals surface area contributed by atoms with Crippen molar-refractivity contribution >= 4 is 18.0 Å². The molecular formula is C24H30N2O5. The summed E-state index contributed by atoms with van der Waals surface area (Å²) in [5, 5.41) is 2.51. The first kappa shape index (κ1) is 22.6. The molecule has 166 valence electrons. The summed E-state index contributed by atoms with van der Waals surface area (Å²) in [6.45, 7) is 4.01. The van der Waals surface area contributed by atoms with E-state index in [1.54, 1.807) is 0 Å². The Labute approximate surface area is 183 Å². The van der Waals surface area contributed by atoms with E-state index in [9.17, 15) is 14.4 Å². The van der Waals surface area contributed by atoms with E-state index in [4.69, 9.17) is 9.47 Å². The van der Waals surface area contributed by atoms with E-state index in [0.717, 1.165) is 12.0 Å². The summed E-state index contributed by atoms with van der Waals surface area (Å²) < 4.78 is 10.7. The third kappa shape index (κ3) is 6.20. The van der Waals surface area contributed by atoms with E-state index in [1.807, 2.05) is 68.5 Å². The van der Waals surface area contributed by atoms with Gasteiger partial charge in [-0.15, -0.1) is 0 Å². The predicted molar refractivity (Wildman–Crippen MR) is 116 cm³/mol. The molecule has 1 heterocycles. The number of ether oxygens (including phenoxy) is 2. The Morgan fingerprint density at radius 1 is 1.13 bits per heavy atom. The molecule has 1 fully saturated rings. The van der Waals surface area contributed by atoms with Gasteiger partial charge in [-0.25, -0.2) is 9.59 Å². The predicted octanol–water partition coefficient (Wildman–Crippen LogP) is 3.36. The van der Waals surface area contributed by atoms with Crippen molar-refractivity contribution in [2.75, 3.05) is 13.2 Å². The quantitative estimate of drug-likeness (QED) is 0.676. The molecule has 0 bridgehead atoms. The second kappa shape index (κ2) is 10.3. The lowest BCUT2D eigenvalue weighted by molar-refractivity contribution is -0.157. The number of nitrogens with one attached hydrogen (secondary N) is 1. The van der Waals surface area contributed by atoms with Crippen molar-refractivity contribution in [1.29, 1.82) is 0 Å². The van der Waals surface area contributed by atoms with E-state index in [0.29, 0.717) is 12.8 Å². The zero-order chi connectivity index (χ0) is 22.3. The van der Waals surface area contributed by atoms with Crippen LogP contribution in [0.2, 0.25) is 0 Å². The van der Waals surface area contributed by atoms with Crippen LogP contribution in [0.25, 0.3) is 0 Å². The van der Waals surface area contributed by atoms with Crippen molar-refractivity contribution in [2.24, 2.45) is 5.92 Å². The van der Waals surface area contributed by atoms with Crippen molar-refractivity contribution in [3.05, 3.63) is 60.2 Å². The third-order valence-electron chi connectivity index (χ3n) is 5.64. The van der Waals surface area contributed by atoms with Gasteiger partial charge < -0.3 is 19.7 Å². The summed E-state index contributed by atoms with van der Waals surface area (Å²) in [4.78, 5) is 39.1. The maximum atomic E-state index is 12.9. The van der Waals surface area contributed by atoms with Crippen molar-refractivity contribution in [2.45, 2.75) is 51.3 Å². The van der Waals surface area contributed by atoms with Gasteiger partial charge >= 0.3 is 12.1 Å². The standard InChI is InChI=1S/C24H30N2O5/c1-24(2)14-13-20(22(28)30-16-18-9-5-3-6-10-18)26(24)21(27)15-25-23(29)31-17-19-11-7-4-8-12-19/h3-11,19-20H,12-17H2,1-2H3,(H,25,29). The number of rotatable bonds is 7. The first-order chi connectivity index (χ1) is 14.9. The number of allylic oxidation sites excluding steroid dienone is 3. The van der Waals surface area contributed by atoms with E-state index in [-0.39, 0.29) is 31.6 Å². The number of nitrogens with zero attached hydrogens (tertiary/aromatic N) is 1. The highest BCUT2D eigenvalue weighted by Crippen LogP contribution is 2.34. The van der Waals surface area contributed by atoms with Gasteiger partial charge in [0.1, 0.15) is 19.2 Å². The number of amides is 2. The molecule has 0 aromatic heterocycles. The summed E-state index contributed by atoms with van der Waals surface area (Å²) in [6.07, 6.45) is 9.25. The van der Waals surface area contributed by atoms with Gasteiger partial charge in [0, 0.05) is 11.5 Å². The maximum Gasteiger partial charge on any atom is 0.407 e.